The van der Waals surface area contributed by atoms with Gasteiger partial charge in [-0.15, -0.1) is 12.6 Å². The molecule has 3 N–H and O–H groups in total. The Kier molecular flexibility index (Phi) is 5.36. The molecule has 1 aromatic rings. The summed E-state index contributed by atoms with van der Waals surface area (Å²) in [7, 11) is 0. The fourth-order valence-corrected chi connectivity index (χ4v) is 1.66. The molecule has 1 heterocycles. The fourth-order valence-electron chi connectivity index (χ4n) is 1.14. The van der Waals surface area contributed by atoms with Gasteiger partial charge in [-0.05, 0) is 17.4 Å². The molecule has 0 radical (unpaired) electrons. The summed E-state index contributed by atoms with van der Waals surface area (Å²) in [5.41, 5.74) is 9.88. The molecule has 0 bridgehead atoms. The molecule has 4 nitrogen and oxygen atoms in total. The van der Waals surface area contributed by atoms with Gasteiger partial charge in [-0.3, -0.25) is 16.3 Å². The van der Waals surface area contributed by atoms with Gasteiger partial charge < -0.3 is 2.85 Å². The van der Waals surface area contributed by atoms with Gasteiger partial charge in [0.1, 0.15) is 4.99 Å². The second-order valence-corrected chi connectivity index (χ2v) is 3.85. The van der Waals surface area contributed by atoms with E-state index in [1.807, 2.05) is 30.3 Å². The standard InChI is InChI=1S/C9H10N4S2.Mg.2H/c14-8-6-9(15)12-13(11-8)10-7-4-2-1-3-5-7;;;/h1-6,10-11,14H,(H,12,15);;;/q;+2;2*-1. The zero-order valence-electron chi connectivity index (χ0n) is 10.5. The minimum atomic E-state index is 0. The second kappa shape index (κ2) is 6.31. The van der Waals surface area contributed by atoms with Gasteiger partial charge in [-0.1, -0.05) is 30.4 Å². The van der Waals surface area contributed by atoms with Crippen LogP contribution in [0, 0.1) is 0 Å². The Morgan fingerprint density at radius 3 is 2.56 bits per heavy atom. The number of hydrogen-bond acceptors (Lipinski definition) is 5. The van der Waals surface area contributed by atoms with Crippen LogP contribution in [0.3, 0.4) is 0 Å². The van der Waals surface area contributed by atoms with Crippen LogP contribution in [-0.4, -0.2) is 33.3 Å². The van der Waals surface area contributed by atoms with Gasteiger partial charge in [-0.25, -0.2) is 0 Å². The summed E-state index contributed by atoms with van der Waals surface area (Å²) < 4.78 is 0. The van der Waals surface area contributed by atoms with Crippen molar-refractivity contribution in [2.75, 3.05) is 5.43 Å². The molecule has 16 heavy (non-hydrogen) atoms. The summed E-state index contributed by atoms with van der Waals surface area (Å²) in [5.74, 6) is 0. The molecule has 1 aliphatic rings. The Morgan fingerprint density at radius 2 is 1.94 bits per heavy atom. The molecule has 0 aromatic heterocycles. The molecule has 2 rings (SSSR count). The molecule has 0 saturated heterocycles. The summed E-state index contributed by atoms with van der Waals surface area (Å²) in [6.45, 7) is 0. The van der Waals surface area contributed by atoms with Crippen LogP contribution in [0.2, 0.25) is 0 Å². The van der Waals surface area contributed by atoms with Crippen molar-refractivity contribution in [2.24, 2.45) is 0 Å². The Hall–Kier alpha value is -0.474. The average Bonchev–Trinajstić information content (AvgIpc) is 2.17. The number of nitrogens with zero attached hydrogens (tertiary/aromatic N) is 1. The molecule has 1 aromatic carbocycles. The van der Waals surface area contributed by atoms with Crippen LogP contribution in [0.1, 0.15) is 2.85 Å². The van der Waals surface area contributed by atoms with E-state index in [2.05, 4.69) is 28.9 Å². The SMILES string of the molecule is S=C1C=C(S)NN(Nc2ccccc2)N1.[H-].[H-].[Mg+2]. The molecule has 0 aliphatic carbocycles. The van der Waals surface area contributed by atoms with Gasteiger partial charge in [0, 0.05) is 6.08 Å². The van der Waals surface area contributed by atoms with Crippen molar-refractivity contribution < 1.29 is 2.85 Å². The third-order valence-corrected chi connectivity index (χ3v) is 2.17. The molecular formula is C9H12MgN4S2. The zero-order chi connectivity index (χ0) is 10.7. The second-order valence-electron chi connectivity index (χ2n) is 2.93. The Bertz CT molecular complexity index is 405. The fraction of sp³-hybridized carbons (Fsp3) is 0. The first-order chi connectivity index (χ1) is 7.24. The van der Waals surface area contributed by atoms with Crippen molar-refractivity contribution in [3.63, 3.8) is 0 Å². The molecule has 0 amide bonds. The molecular weight excluding hydrogens is 253 g/mol. The van der Waals surface area contributed by atoms with Gasteiger partial charge in [0.25, 0.3) is 0 Å². The molecule has 0 saturated carbocycles. The van der Waals surface area contributed by atoms with E-state index in [1.165, 1.54) is 0 Å². The number of nitrogens with one attached hydrogen (secondary N) is 3. The molecule has 0 unspecified atom stereocenters. The van der Waals surface area contributed by atoms with Gasteiger partial charge in [0.05, 0.1) is 10.7 Å². The van der Waals surface area contributed by atoms with E-state index in [4.69, 9.17) is 12.2 Å². The van der Waals surface area contributed by atoms with Crippen LogP contribution in [0.5, 0.6) is 0 Å². The summed E-state index contributed by atoms with van der Waals surface area (Å²) in [4.78, 5) is 0.599. The van der Waals surface area contributed by atoms with E-state index in [0.717, 1.165) is 5.69 Å². The minimum Gasteiger partial charge on any atom is -1.00 e. The van der Waals surface area contributed by atoms with Gasteiger partial charge in [0.2, 0.25) is 0 Å². The van der Waals surface area contributed by atoms with E-state index in [-0.39, 0.29) is 25.9 Å². The van der Waals surface area contributed by atoms with E-state index in [1.54, 1.807) is 11.3 Å². The number of rotatable bonds is 2. The molecule has 0 spiro atoms. The van der Waals surface area contributed by atoms with Gasteiger partial charge in [0.15, 0.2) is 0 Å². The number of benzene rings is 1. The van der Waals surface area contributed by atoms with Crippen LogP contribution in [-0.2, 0) is 0 Å². The molecule has 0 fully saturated rings. The monoisotopic (exact) mass is 264 g/mol. The average molecular weight is 265 g/mol. The Balaban J connectivity index is 0. The normalized spacial score (nSPS) is 15.3. The van der Waals surface area contributed by atoms with E-state index in [9.17, 15) is 0 Å². The number of anilines is 1. The largest absolute Gasteiger partial charge is 2.00 e. The third kappa shape index (κ3) is 3.83. The number of hydrazine groups is 3. The first-order valence-corrected chi connectivity index (χ1v) is 5.19. The van der Waals surface area contributed by atoms with Gasteiger partial charge >= 0.3 is 23.1 Å². The third-order valence-electron chi connectivity index (χ3n) is 1.73. The number of thiocarbonyl (C=S) groups is 1. The molecule has 0 atom stereocenters. The van der Waals surface area contributed by atoms with Crippen molar-refractivity contribution in [2.45, 2.75) is 0 Å². The van der Waals surface area contributed by atoms with Crippen molar-refractivity contribution in [3.8, 4) is 0 Å². The van der Waals surface area contributed by atoms with E-state index >= 15 is 0 Å². The first-order valence-electron chi connectivity index (χ1n) is 4.34. The quantitative estimate of drug-likeness (QED) is 0.368. The number of hydrogen-bond donors (Lipinski definition) is 4. The van der Waals surface area contributed by atoms with Crippen molar-refractivity contribution in [1.82, 2.24) is 16.1 Å². The van der Waals surface area contributed by atoms with Crippen molar-refractivity contribution >= 4 is 58.6 Å². The maximum atomic E-state index is 5.02. The van der Waals surface area contributed by atoms with Crippen LogP contribution in [0.25, 0.3) is 0 Å². The number of thiol groups is 1. The maximum absolute atomic E-state index is 5.02. The Labute approximate surface area is 124 Å². The Morgan fingerprint density at radius 1 is 1.25 bits per heavy atom. The number of para-hydroxylation sites is 1. The van der Waals surface area contributed by atoms with Crippen LogP contribution >= 0.6 is 24.8 Å². The van der Waals surface area contributed by atoms with Crippen LogP contribution in [0.4, 0.5) is 5.69 Å². The maximum Gasteiger partial charge on any atom is 2.00 e. The van der Waals surface area contributed by atoms with Crippen LogP contribution < -0.4 is 16.3 Å². The summed E-state index contributed by atoms with van der Waals surface area (Å²) in [6.07, 6.45) is 1.72. The smallest absolute Gasteiger partial charge is 1.00 e. The van der Waals surface area contributed by atoms with E-state index < -0.39 is 0 Å². The first kappa shape index (κ1) is 13.6. The molecule has 7 heteroatoms. The van der Waals surface area contributed by atoms with Gasteiger partial charge in [-0.2, -0.15) is 0 Å². The minimum absolute atomic E-state index is 0. The predicted octanol–water partition coefficient (Wildman–Crippen LogP) is 1.28. The topological polar surface area (TPSA) is 39.3 Å². The van der Waals surface area contributed by atoms with Crippen LogP contribution in [0.15, 0.2) is 41.4 Å². The van der Waals surface area contributed by atoms with E-state index in [0.29, 0.717) is 10.0 Å². The molecule has 1 aliphatic heterocycles. The summed E-state index contributed by atoms with van der Waals surface area (Å²) in [6, 6.07) is 9.74. The predicted molar refractivity (Wildman–Crippen MR) is 75.8 cm³/mol. The summed E-state index contributed by atoms with van der Waals surface area (Å²) in [5, 5.41) is 2.24. The molecule has 82 valence electrons. The van der Waals surface area contributed by atoms with Crippen molar-refractivity contribution in [3.05, 3.63) is 41.4 Å². The summed E-state index contributed by atoms with van der Waals surface area (Å²) >= 11 is 9.21. The zero-order valence-corrected chi connectivity index (χ0v) is 11.6. The van der Waals surface area contributed by atoms with Crippen molar-refractivity contribution in [1.29, 1.82) is 0 Å².